The van der Waals surface area contributed by atoms with Crippen LogP contribution in [0, 0.1) is 5.82 Å². The molecule has 0 unspecified atom stereocenters. The Kier molecular flexibility index (Phi) is 4.64. The van der Waals surface area contributed by atoms with Crippen LogP contribution in [0.25, 0.3) is 10.2 Å². The molecule has 3 heterocycles. The Morgan fingerprint density at radius 1 is 1.26 bits per heavy atom. The molecular weight excluding hydrogens is 365 g/mol. The molecule has 0 N–H and O–H groups in total. The highest BCUT2D eigenvalue weighted by atomic mass is 32.1. The van der Waals surface area contributed by atoms with Gasteiger partial charge in [-0.2, -0.15) is 5.10 Å². The maximum absolute atomic E-state index is 13.6. The number of hydrogen-bond donors (Lipinski definition) is 0. The monoisotopic (exact) mass is 381 g/mol. The molecule has 1 aromatic carbocycles. The van der Waals surface area contributed by atoms with E-state index in [1.54, 1.807) is 40.3 Å². The minimum absolute atomic E-state index is 0.210. The maximum atomic E-state index is 13.6. The standard InChI is InChI=1S/C19H16FN5OS/c1-2-25-16(7-9-22-25)18(26)24(12-13-4-3-8-21-11-13)19-23-15-6-5-14(20)10-17(15)27-19/h3-11H,2,12H2,1H3. The smallest absolute Gasteiger partial charge is 0.278 e. The molecule has 6 nitrogen and oxygen atoms in total. The molecule has 0 radical (unpaired) electrons. The zero-order valence-electron chi connectivity index (χ0n) is 14.5. The van der Waals surface area contributed by atoms with Gasteiger partial charge in [0.1, 0.15) is 11.5 Å². The van der Waals surface area contributed by atoms with Gasteiger partial charge in [0.25, 0.3) is 5.91 Å². The number of nitrogens with zero attached hydrogens (tertiary/aromatic N) is 5. The third-order valence-electron chi connectivity index (χ3n) is 4.11. The van der Waals surface area contributed by atoms with Gasteiger partial charge in [0.05, 0.1) is 16.8 Å². The third-order valence-corrected chi connectivity index (χ3v) is 5.16. The minimum Gasteiger partial charge on any atom is -0.278 e. The molecule has 27 heavy (non-hydrogen) atoms. The molecule has 0 atom stereocenters. The normalized spacial score (nSPS) is 11.0. The van der Waals surface area contributed by atoms with Gasteiger partial charge in [-0.1, -0.05) is 17.4 Å². The maximum Gasteiger partial charge on any atom is 0.278 e. The number of hydrogen-bond acceptors (Lipinski definition) is 5. The van der Waals surface area contributed by atoms with Crippen molar-refractivity contribution >= 4 is 32.6 Å². The van der Waals surface area contributed by atoms with Crippen molar-refractivity contribution in [3.05, 3.63) is 72.1 Å². The lowest BCUT2D eigenvalue weighted by Crippen LogP contribution is -2.32. The van der Waals surface area contributed by atoms with Gasteiger partial charge >= 0.3 is 0 Å². The topological polar surface area (TPSA) is 63.9 Å². The first-order valence-electron chi connectivity index (χ1n) is 8.44. The van der Waals surface area contributed by atoms with Crippen molar-refractivity contribution < 1.29 is 9.18 Å². The van der Waals surface area contributed by atoms with E-state index in [0.29, 0.717) is 34.1 Å². The highest BCUT2D eigenvalue weighted by molar-refractivity contribution is 7.22. The van der Waals surface area contributed by atoms with Crippen LogP contribution in [0.5, 0.6) is 0 Å². The number of fused-ring (bicyclic) bond motifs is 1. The highest BCUT2D eigenvalue weighted by Crippen LogP contribution is 2.31. The van der Waals surface area contributed by atoms with Crippen LogP contribution in [-0.2, 0) is 13.1 Å². The van der Waals surface area contributed by atoms with Crippen LogP contribution >= 0.6 is 11.3 Å². The number of pyridine rings is 1. The van der Waals surface area contributed by atoms with Crippen molar-refractivity contribution in [2.45, 2.75) is 20.0 Å². The SMILES string of the molecule is CCn1nccc1C(=O)N(Cc1cccnc1)c1nc2ccc(F)cc2s1. The third kappa shape index (κ3) is 3.43. The summed E-state index contributed by atoms with van der Waals surface area (Å²) in [6.07, 6.45) is 5.00. The average molecular weight is 381 g/mol. The fourth-order valence-electron chi connectivity index (χ4n) is 2.81. The summed E-state index contributed by atoms with van der Waals surface area (Å²) in [5, 5.41) is 4.69. The van der Waals surface area contributed by atoms with Gasteiger partial charge < -0.3 is 0 Å². The van der Waals surface area contributed by atoms with Gasteiger partial charge in [0.15, 0.2) is 5.13 Å². The Labute approximate surface area is 158 Å². The number of rotatable bonds is 5. The first-order valence-corrected chi connectivity index (χ1v) is 9.26. The van der Waals surface area contributed by atoms with Crippen molar-refractivity contribution in [1.82, 2.24) is 19.7 Å². The number of aromatic nitrogens is 4. The molecule has 0 aliphatic rings. The lowest BCUT2D eigenvalue weighted by Gasteiger charge is -2.20. The largest absolute Gasteiger partial charge is 0.278 e. The molecule has 8 heteroatoms. The Morgan fingerprint density at radius 2 is 2.15 bits per heavy atom. The van der Waals surface area contributed by atoms with Crippen LogP contribution in [0.15, 0.2) is 55.0 Å². The van der Waals surface area contributed by atoms with Crippen LogP contribution in [0.1, 0.15) is 23.0 Å². The van der Waals surface area contributed by atoms with Gasteiger partial charge in [-0.05, 0) is 42.8 Å². The number of amides is 1. The van der Waals surface area contributed by atoms with Crippen LogP contribution in [0.3, 0.4) is 0 Å². The van der Waals surface area contributed by atoms with Gasteiger partial charge in [-0.3, -0.25) is 19.4 Å². The number of aryl methyl sites for hydroxylation is 1. The van der Waals surface area contributed by atoms with Crippen LogP contribution in [0.4, 0.5) is 9.52 Å². The molecule has 4 rings (SSSR count). The summed E-state index contributed by atoms with van der Waals surface area (Å²) < 4.78 is 15.9. The van der Waals surface area contributed by atoms with Crippen LogP contribution < -0.4 is 4.90 Å². The molecule has 4 aromatic rings. The number of carbonyl (C=O) groups excluding carboxylic acids is 1. The van der Waals surface area contributed by atoms with E-state index < -0.39 is 0 Å². The Bertz CT molecular complexity index is 1090. The first-order chi connectivity index (χ1) is 13.2. The predicted molar refractivity (Wildman–Crippen MR) is 102 cm³/mol. The van der Waals surface area contributed by atoms with E-state index in [4.69, 9.17) is 0 Å². The zero-order chi connectivity index (χ0) is 18.8. The molecule has 136 valence electrons. The summed E-state index contributed by atoms with van der Waals surface area (Å²) in [4.78, 5) is 23.5. The second-order valence-electron chi connectivity index (χ2n) is 5.89. The lowest BCUT2D eigenvalue weighted by atomic mass is 10.2. The number of halogens is 1. The molecule has 0 aliphatic heterocycles. The molecule has 0 saturated carbocycles. The zero-order valence-corrected chi connectivity index (χ0v) is 15.4. The van der Waals surface area contributed by atoms with Gasteiger partial charge in [-0.15, -0.1) is 0 Å². The molecule has 0 bridgehead atoms. The summed E-state index contributed by atoms with van der Waals surface area (Å²) in [5.41, 5.74) is 2.01. The van der Waals surface area contributed by atoms with Gasteiger partial charge in [-0.25, -0.2) is 9.37 Å². The molecule has 0 spiro atoms. The van der Waals surface area contributed by atoms with Crippen LogP contribution in [0.2, 0.25) is 0 Å². The van der Waals surface area contributed by atoms with Crippen molar-refractivity contribution in [1.29, 1.82) is 0 Å². The van der Waals surface area contributed by atoms with Crippen LogP contribution in [-0.4, -0.2) is 25.7 Å². The van der Waals surface area contributed by atoms with E-state index in [2.05, 4.69) is 15.1 Å². The second-order valence-corrected chi connectivity index (χ2v) is 6.90. The molecule has 1 amide bonds. The summed E-state index contributed by atoms with van der Waals surface area (Å²) in [7, 11) is 0. The van der Waals surface area contributed by atoms with Crippen molar-refractivity contribution in [3.63, 3.8) is 0 Å². The molecule has 0 saturated heterocycles. The molecule has 0 aliphatic carbocycles. The Morgan fingerprint density at radius 3 is 2.93 bits per heavy atom. The van der Waals surface area contributed by atoms with Crippen molar-refractivity contribution in [2.24, 2.45) is 0 Å². The van der Waals surface area contributed by atoms with E-state index in [1.165, 1.54) is 23.5 Å². The average Bonchev–Trinajstić information content (AvgIpc) is 3.32. The van der Waals surface area contributed by atoms with E-state index in [1.807, 2.05) is 19.1 Å². The Hall–Kier alpha value is -3.13. The van der Waals surface area contributed by atoms with E-state index in [-0.39, 0.29) is 11.7 Å². The molecule has 0 fully saturated rings. The minimum atomic E-state index is -0.327. The van der Waals surface area contributed by atoms with E-state index >= 15 is 0 Å². The predicted octanol–water partition coefficient (Wildman–Crippen LogP) is 3.89. The van der Waals surface area contributed by atoms with E-state index in [9.17, 15) is 9.18 Å². The number of thiazole rings is 1. The fraction of sp³-hybridized carbons (Fsp3) is 0.158. The Balaban J connectivity index is 1.78. The summed E-state index contributed by atoms with van der Waals surface area (Å²) in [5.74, 6) is -0.537. The van der Waals surface area contributed by atoms with Crippen molar-refractivity contribution in [3.8, 4) is 0 Å². The quantitative estimate of drug-likeness (QED) is 0.526. The second kappa shape index (κ2) is 7.24. The molecular formula is C19H16FN5OS. The van der Waals surface area contributed by atoms with Gasteiger partial charge in [0, 0.05) is 25.1 Å². The fourth-order valence-corrected chi connectivity index (χ4v) is 3.79. The van der Waals surface area contributed by atoms with E-state index in [0.717, 1.165) is 5.56 Å². The molecule has 3 aromatic heterocycles. The summed E-state index contributed by atoms with van der Waals surface area (Å²) in [6, 6.07) is 9.83. The summed E-state index contributed by atoms with van der Waals surface area (Å²) >= 11 is 1.28. The summed E-state index contributed by atoms with van der Waals surface area (Å²) in [6.45, 7) is 2.82. The number of anilines is 1. The van der Waals surface area contributed by atoms with Crippen molar-refractivity contribution in [2.75, 3.05) is 4.90 Å². The highest BCUT2D eigenvalue weighted by Gasteiger charge is 2.24. The number of benzene rings is 1. The first kappa shape index (κ1) is 17.3. The van der Waals surface area contributed by atoms with Gasteiger partial charge in [0.2, 0.25) is 0 Å². The lowest BCUT2D eigenvalue weighted by molar-refractivity contribution is 0.0975. The number of carbonyl (C=O) groups is 1.